The summed E-state index contributed by atoms with van der Waals surface area (Å²) >= 11 is 5.95. The number of amides is 1. The van der Waals surface area contributed by atoms with Gasteiger partial charge in [-0.1, -0.05) is 11.6 Å². The molecule has 1 heterocycles. The number of nitrogens with one attached hydrogen (secondary N) is 1. The number of hydrogen-bond donors (Lipinski definition) is 2. The van der Waals surface area contributed by atoms with Gasteiger partial charge in [-0.3, -0.25) is 9.48 Å². The fraction of sp³-hybridized carbons (Fsp3) is 0.375. The lowest BCUT2D eigenvalue weighted by atomic mass is 9.75. The van der Waals surface area contributed by atoms with Gasteiger partial charge in [0.1, 0.15) is 5.82 Å². The summed E-state index contributed by atoms with van der Waals surface area (Å²) in [6, 6.07) is 3.42. The first kappa shape index (κ1) is 16.0. The molecule has 1 atom stereocenters. The molecule has 1 aliphatic rings. The Morgan fingerprint density at radius 2 is 2.26 bits per heavy atom. The molecule has 0 spiro atoms. The van der Waals surface area contributed by atoms with Crippen molar-refractivity contribution in [2.24, 2.45) is 13.0 Å². The van der Waals surface area contributed by atoms with Crippen molar-refractivity contribution in [2.45, 2.75) is 25.0 Å². The highest BCUT2D eigenvalue weighted by atomic mass is 35.5. The maximum absolute atomic E-state index is 13.1. The Morgan fingerprint density at radius 1 is 1.52 bits per heavy atom. The van der Waals surface area contributed by atoms with E-state index in [4.69, 9.17) is 11.6 Å². The third kappa shape index (κ3) is 3.38. The largest absolute Gasteiger partial charge is 0.393 e. The van der Waals surface area contributed by atoms with Gasteiger partial charge in [0.2, 0.25) is 0 Å². The van der Waals surface area contributed by atoms with Crippen LogP contribution in [0.5, 0.6) is 0 Å². The first-order valence-corrected chi connectivity index (χ1v) is 7.74. The lowest BCUT2D eigenvalue weighted by molar-refractivity contribution is 0.0235. The number of aliphatic hydroxyl groups excluding tert-OH is 1. The lowest BCUT2D eigenvalue weighted by Gasteiger charge is -2.37. The maximum atomic E-state index is 13.1. The van der Waals surface area contributed by atoms with Crippen molar-refractivity contribution in [2.75, 3.05) is 0 Å². The molecule has 1 fully saturated rings. The van der Waals surface area contributed by atoms with Crippen LogP contribution >= 0.6 is 11.6 Å². The molecule has 2 N–H and O–H groups in total. The van der Waals surface area contributed by atoms with Crippen molar-refractivity contribution in [3.05, 3.63) is 52.6 Å². The number of nitrogens with zero attached hydrogens (tertiary/aromatic N) is 2. The van der Waals surface area contributed by atoms with Gasteiger partial charge in [0.05, 0.1) is 28.9 Å². The second-order valence-electron chi connectivity index (χ2n) is 5.91. The van der Waals surface area contributed by atoms with Crippen LogP contribution < -0.4 is 5.32 Å². The molecule has 1 aliphatic carbocycles. The van der Waals surface area contributed by atoms with Crippen molar-refractivity contribution in [1.82, 2.24) is 15.1 Å². The molecule has 0 bridgehead atoms. The van der Waals surface area contributed by atoms with Crippen LogP contribution in [0.4, 0.5) is 4.39 Å². The van der Waals surface area contributed by atoms with E-state index >= 15 is 0 Å². The molecular formula is C16H17ClFN3O2. The molecule has 5 nitrogen and oxygen atoms in total. The van der Waals surface area contributed by atoms with E-state index in [9.17, 15) is 14.3 Å². The Labute approximate surface area is 138 Å². The van der Waals surface area contributed by atoms with Gasteiger partial charge in [0.25, 0.3) is 5.91 Å². The highest BCUT2D eigenvalue weighted by molar-refractivity contribution is 6.33. The number of aryl methyl sites for hydroxylation is 1. The minimum atomic E-state index is -0.488. The van der Waals surface area contributed by atoms with Gasteiger partial charge in [-0.05, 0) is 37.0 Å². The number of carbonyl (C=O) groups excluding carboxylic acids is 1. The quantitative estimate of drug-likeness (QED) is 0.900. The van der Waals surface area contributed by atoms with Gasteiger partial charge in [0.15, 0.2) is 0 Å². The molecule has 0 radical (unpaired) electrons. The summed E-state index contributed by atoms with van der Waals surface area (Å²) in [5.74, 6) is -0.722. The van der Waals surface area contributed by atoms with E-state index in [2.05, 4.69) is 10.4 Å². The summed E-state index contributed by atoms with van der Waals surface area (Å²) < 4.78 is 14.8. The Balaban J connectivity index is 1.81. The Hall–Kier alpha value is -1.92. The molecule has 0 saturated heterocycles. The molecule has 1 aromatic heterocycles. The maximum Gasteiger partial charge on any atom is 0.253 e. The topological polar surface area (TPSA) is 67.2 Å². The Bertz CT molecular complexity index is 728. The first-order valence-electron chi connectivity index (χ1n) is 7.36. The van der Waals surface area contributed by atoms with E-state index < -0.39 is 5.82 Å². The predicted molar refractivity (Wildman–Crippen MR) is 83.6 cm³/mol. The van der Waals surface area contributed by atoms with E-state index in [0.717, 1.165) is 11.6 Å². The standard InChI is InChI=1S/C16H17ClFN3O2/c1-21-8-10(7-19-21)15(9-4-12(22)5-9)20-16(23)13-3-2-11(18)6-14(13)17/h2-3,6-9,12,15,22H,4-5H2,1H3,(H,20,23)/t9?,12?,15-/m0/s1. The summed E-state index contributed by atoms with van der Waals surface area (Å²) in [6.07, 6.45) is 4.45. The third-order valence-electron chi connectivity index (χ3n) is 4.17. The highest BCUT2D eigenvalue weighted by Gasteiger charge is 2.36. The van der Waals surface area contributed by atoms with Crippen molar-refractivity contribution >= 4 is 17.5 Å². The Morgan fingerprint density at radius 3 is 2.83 bits per heavy atom. The number of carbonyl (C=O) groups is 1. The highest BCUT2D eigenvalue weighted by Crippen LogP contribution is 2.38. The molecule has 0 aliphatic heterocycles. The van der Waals surface area contributed by atoms with Gasteiger partial charge in [0, 0.05) is 18.8 Å². The fourth-order valence-electron chi connectivity index (χ4n) is 2.87. The molecule has 122 valence electrons. The zero-order chi connectivity index (χ0) is 16.6. The van der Waals surface area contributed by atoms with Gasteiger partial charge < -0.3 is 10.4 Å². The van der Waals surface area contributed by atoms with Crippen molar-refractivity contribution in [1.29, 1.82) is 0 Å². The summed E-state index contributed by atoms with van der Waals surface area (Å²) in [5.41, 5.74) is 1.10. The van der Waals surface area contributed by atoms with E-state index in [1.807, 2.05) is 6.20 Å². The van der Waals surface area contributed by atoms with Crippen LogP contribution in [0.15, 0.2) is 30.6 Å². The number of aromatic nitrogens is 2. The minimum Gasteiger partial charge on any atom is -0.393 e. The number of halogens is 2. The first-order chi connectivity index (χ1) is 10.9. The summed E-state index contributed by atoms with van der Waals surface area (Å²) in [5, 5.41) is 16.7. The molecule has 0 unspecified atom stereocenters. The molecule has 7 heteroatoms. The average molecular weight is 338 g/mol. The fourth-order valence-corrected chi connectivity index (χ4v) is 3.12. The molecule has 1 aromatic carbocycles. The zero-order valence-corrected chi connectivity index (χ0v) is 13.3. The molecule has 1 saturated carbocycles. The summed E-state index contributed by atoms with van der Waals surface area (Å²) in [4.78, 5) is 12.5. The Kier molecular flexibility index (Phi) is 4.37. The van der Waals surface area contributed by atoms with Gasteiger partial charge >= 0.3 is 0 Å². The van der Waals surface area contributed by atoms with E-state index in [0.29, 0.717) is 12.8 Å². The van der Waals surface area contributed by atoms with Crippen LogP contribution in [-0.2, 0) is 7.05 Å². The average Bonchev–Trinajstić information content (AvgIpc) is 2.88. The number of hydrogen-bond acceptors (Lipinski definition) is 3. The number of rotatable bonds is 4. The number of aliphatic hydroxyl groups is 1. The van der Waals surface area contributed by atoms with E-state index in [1.54, 1.807) is 17.9 Å². The summed E-state index contributed by atoms with van der Waals surface area (Å²) in [7, 11) is 1.80. The summed E-state index contributed by atoms with van der Waals surface area (Å²) in [6.45, 7) is 0. The van der Waals surface area contributed by atoms with Crippen LogP contribution in [0.25, 0.3) is 0 Å². The lowest BCUT2D eigenvalue weighted by Crippen LogP contribution is -2.41. The molecule has 2 aromatic rings. The van der Waals surface area contributed by atoms with Crippen LogP contribution in [0.3, 0.4) is 0 Å². The molecule has 1 amide bonds. The van der Waals surface area contributed by atoms with E-state index in [-0.39, 0.29) is 34.6 Å². The minimum absolute atomic E-state index is 0.0704. The van der Waals surface area contributed by atoms with Crippen molar-refractivity contribution < 1.29 is 14.3 Å². The SMILES string of the molecule is Cn1cc([C@@H](NC(=O)c2ccc(F)cc2Cl)C2CC(O)C2)cn1. The molecule has 23 heavy (non-hydrogen) atoms. The monoisotopic (exact) mass is 337 g/mol. The predicted octanol–water partition coefficient (Wildman–Crippen LogP) is 2.45. The van der Waals surface area contributed by atoms with Crippen LogP contribution in [-0.4, -0.2) is 26.9 Å². The van der Waals surface area contributed by atoms with Crippen LogP contribution in [0, 0.1) is 11.7 Å². The number of benzene rings is 1. The van der Waals surface area contributed by atoms with Crippen LogP contribution in [0.1, 0.15) is 34.8 Å². The van der Waals surface area contributed by atoms with Crippen LogP contribution in [0.2, 0.25) is 5.02 Å². The van der Waals surface area contributed by atoms with Gasteiger partial charge in [-0.2, -0.15) is 5.10 Å². The molecular weight excluding hydrogens is 321 g/mol. The van der Waals surface area contributed by atoms with Crippen molar-refractivity contribution in [3.63, 3.8) is 0 Å². The van der Waals surface area contributed by atoms with Crippen molar-refractivity contribution in [3.8, 4) is 0 Å². The normalized spacial score (nSPS) is 21.6. The third-order valence-corrected chi connectivity index (χ3v) is 4.48. The second-order valence-corrected chi connectivity index (χ2v) is 6.32. The smallest absolute Gasteiger partial charge is 0.253 e. The van der Waals surface area contributed by atoms with Gasteiger partial charge in [-0.15, -0.1) is 0 Å². The molecule has 3 rings (SSSR count). The van der Waals surface area contributed by atoms with Gasteiger partial charge in [-0.25, -0.2) is 4.39 Å². The second kappa shape index (κ2) is 6.29. The zero-order valence-electron chi connectivity index (χ0n) is 12.5. The van der Waals surface area contributed by atoms with E-state index in [1.165, 1.54) is 12.1 Å².